The van der Waals surface area contributed by atoms with Gasteiger partial charge in [0, 0.05) is 17.6 Å². The molecule has 0 bridgehead atoms. The lowest BCUT2D eigenvalue weighted by Gasteiger charge is -2.26. The first-order valence-electron chi connectivity index (χ1n) is 13.5. The Hall–Kier alpha value is -4.39. The fourth-order valence-corrected chi connectivity index (χ4v) is 4.52. The van der Waals surface area contributed by atoms with Gasteiger partial charge in [0.05, 0.1) is 24.2 Å². The van der Waals surface area contributed by atoms with E-state index in [-0.39, 0.29) is 18.6 Å². The van der Waals surface area contributed by atoms with Gasteiger partial charge in [0.1, 0.15) is 12.1 Å². The van der Waals surface area contributed by atoms with Crippen molar-refractivity contribution in [1.29, 1.82) is 5.26 Å². The minimum Gasteiger partial charge on any atom is -0.444 e. The van der Waals surface area contributed by atoms with Gasteiger partial charge in [-0.25, -0.2) is 9.59 Å². The van der Waals surface area contributed by atoms with Crippen molar-refractivity contribution in [3.05, 3.63) is 65.7 Å². The number of alkyl carbamates (subject to hydrolysis) is 1. The van der Waals surface area contributed by atoms with Gasteiger partial charge in [0.25, 0.3) is 5.91 Å². The summed E-state index contributed by atoms with van der Waals surface area (Å²) in [6.07, 6.45) is 0.265. The van der Waals surface area contributed by atoms with E-state index in [1.54, 1.807) is 36.1 Å². The Morgan fingerprint density at radius 1 is 1.07 bits per heavy atom. The minimum atomic E-state index is -1.03. The Bertz CT molecular complexity index is 1240. The highest BCUT2D eigenvalue weighted by molar-refractivity contribution is 6.38. The van der Waals surface area contributed by atoms with E-state index >= 15 is 0 Å². The predicted octanol–water partition coefficient (Wildman–Crippen LogP) is 4.53. The maximum atomic E-state index is 13.0. The molecule has 1 saturated heterocycles. The monoisotopic (exact) mass is 547 g/mol. The third kappa shape index (κ3) is 8.06. The molecular formula is C30H37N5O5. The number of amides is 4. The summed E-state index contributed by atoms with van der Waals surface area (Å²) in [6.45, 7) is 8.01. The van der Waals surface area contributed by atoms with Gasteiger partial charge in [-0.15, -0.1) is 0 Å². The number of ether oxygens (including phenoxy) is 1. The second-order valence-corrected chi connectivity index (χ2v) is 10.7. The number of carbonyl (C=O) groups is 4. The number of hydrogen-bond acceptors (Lipinski definition) is 6. The fraction of sp³-hybridized carbons (Fsp3) is 0.433. The normalized spacial score (nSPS) is 17.2. The molecule has 3 N–H and O–H groups in total. The van der Waals surface area contributed by atoms with Crippen molar-refractivity contribution < 1.29 is 23.9 Å². The number of Topliss-reactive ketones (excluding diaryl/α,β-unsaturated/α-hetero) is 1. The number of ketones is 1. The molecule has 0 spiro atoms. The van der Waals surface area contributed by atoms with Crippen molar-refractivity contribution in [3.63, 3.8) is 0 Å². The number of nitrogens with one attached hydrogen (secondary N) is 3. The van der Waals surface area contributed by atoms with E-state index in [2.05, 4.69) is 16.0 Å². The third-order valence-corrected chi connectivity index (χ3v) is 6.98. The number of nitrogens with zero attached hydrogens (tertiary/aromatic N) is 2. The molecule has 1 heterocycles. The SMILES string of the molecule is CCCC[C@H](NC(=O)O[C@H]1CN(C(=O)Nc2ccc(C#N)cc2)CC1(C)C)C(=O)C(=O)N[C@H](C)c1ccccc1. The molecule has 40 heavy (non-hydrogen) atoms. The Morgan fingerprint density at radius 3 is 2.38 bits per heavy atom. The van der Waals surface area contributed by atoms with Gasteiger partial charge in [-0.3, -0.25) is 9.59 Å². The number of unbranched alkanes of at least 4 members (excludes halogenated alkanes) is 1. The summed E-state index contributed by atoms with van der Waals surface area (Å²) >= 11 is 0. The summed E-state index contributed by atoms with van der Waals surface area (Å²) in [6, 6.07) is 16.1. The smallest absolute Gasteiger partial charge is 0.408 e. The predicted molar refractivity (Wildman–Crippen MR) is 150 cm³/mol. The average molecular weight is 548 g/mol. The Labute approximate surface area is 235 Å². The van der Waals surface area contributed by atoms with Gasteiger partial charge in [-0.2, -0.15) is 5.26 Å². The molecule has 1 aliphatic rings. The second kappa shape index (κ2) is 13.6. The zero-order valence-corrected chi connectivity index (χ0v) is 23.4. The molecule has 10 heteroatoms. The number of benzene rings is 2. The van der Waals surface area contributed by atoms with Crippen LogP contribution in [0.25, 0.3) is 0 Å². The molecule has 0 saturated carbocycles. The molecule has 10 nitrogen and oxygen atoms in total. The highest BCUT2D eigenvalue weighted by Crippen LogP contribution is 2.32. The standard InChI is InChI=1S/C30H37N5O5/c1-5-6-12-24(26(36)27(37)32-20(2)22-10-8-7-9-11-22)34-29(39)40-25-18-35(19-30(25,3)4)28(38)33-23-15-13-21(17-31)14-16-23/h7-11,13-16,20,24-25H,5-6,12,18-19H2,1-4H3,(H,32,37)(H,33,38)(H,34,39)/t20-,24+,25+/m1/s1. The minimum absolute atomic E-state index is 0.158. The van der Waals surface area contributed by atoms with Crippen LogP contribution in [0.2, 0.25) is 0 Å². The van der Waals surface area contributed by atoms with Crippen LogP contribution in [0.1, 0.15) is 64.1 Å². The van der Waals surface area contributed by atoms with E-state index in [9.17, 15) is 19.2 Å². The topological polar surface area (TPSA) is 141 Å². The number of hydrogen-bond donors (Lipinski definition) is 3. The summed E-state index contributed by atoms with van der Waals surface area (Å²) in [7, 11) is 0. The van der Waals surface area contributed by atoms with Crippen molar-refractivity contribution in [3.8, 4) is 6.07 Å². The van der Waals surface area contributed by atoms with Crippen LogP contribution in [-0.4, -0.2) is 54.0 Å². The fourth-order valence-electron chi connectivity index (χ4n) is 4.52. The van der Waals surface area contributed by atoms with Crippen LogP contribution in [0.3, 0.4) is 0 Å². The molecule has 0 unspecified atom stereocenters. The summed E-state index contributed by atoms with van der Waals surface area (Å²) < 4.78 is 5.69. The van der Waals surface area contributed by atoms with Gasteiger partial charge < -0.3 is 25.6 Å². The van der Waals surface area contributed by atoms with E-state index in [1.807, 2.05) is 57.2 Å². The number of nitriles is 1. The summed E-state index contributed by atoms with van der Waals surface area (Å²) in [5, 5.41) is 17.0. The van der Waals surface area contributed by atoms with Crippen LogP contribution >= 0.6 is 0 Å². The lowest BCUT2D eigenvalue weighted by Crippen LogP contribution is -2.49. The van der Waals surface area contributed by atoms with Crippen LogP contribution < -0.4 is 16.0 Å². The number of urea groups is 1. The van der Waals surface area contributed by atoms with Gasteiger partial charge in [-0.1, -0.05) is 63.9 Å². The second-order valence-electron chi connectivity index (χ2n) is 10.7. The van der Waals surface area contributed by atoms with Crippen LogP contribution in [0.15, 0.2) is 54.6 Å². The molecule has 212 valence electrons. The van der Waals surface area contributed by atoms with Crippen molar-refractivity contribution in [2.75, 3.05) is 18.4 Å². The van der Waals surface area contributed by atoms with E-state index in [0.29, 0.717) is 30.6 Å². The molecule has 1 fully saturated rings. The lowest BCUT2D eigenvalue weighted by atomic mass is 9.90. The Kier molecular flexibility index (Phi) is 10.3. The van der Waals surface area contributed by atoms with Crippen LogP contribution in [0.5, 0.6) is 0 Å². The maximum absolute atomic E-state index is 13.0. The Morgan fingerprint density at radius 2 is 1.75 bits per heavy atom. The number of carbonyl (C=O) groups excluding carboxylic acids is 4. The quantitative estimate of drug-likeness (QED) is 0.373. The van der Waals surface area contributed by atoms with Gasteiger partial charge in [0.15, 0.2) is 0 Å². The Balaban J connectivity index is 1.59. The zero-order valence-electron chi connectivity index (χ0n) is 23.4. The van der Waals surface area contributed by atoms with E-state index < -0.39 is 35.3 Å². The van der Waals surface area contributed by atoms with Crippen LogP contribution in [-0.2, 0) is 14.3 Å². The lowest BCUT2D eigenvalue weighted by molar-refractivity contribution is -0.139. The molecule has 2 aromatic rings. The first-order valence-corrected chi connectivity index (χ1v) is 13.5. The first-order chi connectivity index (χ1) is 19.0. The molecule has 0 aliphatic carbocycles. The molecule has 0 aromatic heterocycles. The van der Waals surface area contributed by atoms with Crippen molar-refractivity contribution >= 4 is 29.5 Å². The van der Waals surface area contributed by atoms with Crippen molar-refractivity contribution in [2.45, 2.75) is 65.1 Å². The largest absolute Gasteiger partial charge is 0.444 e. The van der Waals surface area contributed by atoms with Crippen molar-refractivity contribution in [2.24, 2.45) is 5.41 Å². The maximum Gasteiger partial charge on any atom is 0.408 e. The summed E-state index contributed by atoms with van der Waals surface area (Å²) in [5.41, 5.74) is 1.34. The third-order valence-electron chi connectivity index (χ3n) is 6.98. The van der Waals surface area contributed by atoms with Crippen molar-refractivity contribution in [1.82, 2.24) is 15.5 Å². The van der Waals surface area contributed by atoms with Gasteiger partial charge in [-0.05, 0) is 43.2 Å². The van der Waals surface area contributed by atoms with Gasteiger partial charge >= 0.3 is 12.1 Å². The highest BCUT2D eigenvalue weighted by atomic mass is 16.6. The first kappa shape index (κ1) is 30.2. The van der Waals surface area contributed by atoms with E-state index in [0.717, 1.165) is 12.0 Å². The highest BCUT2D eigenvalue weighted by Gasteiger charge is 2.44. The summed E-state index contributed by atoms with van der Waals surface area (Å²) in [4.78, 5) is 53.0. The van der Waals surface area contributed by atoms with E-state index in [4.69, 9.17) is 10.00 Å². The molecule has 1 aliphatic heterocycles. The van der Waals surface area contributed by atoms with Crippen LogP contribution in [0.4, 0.5) is 15.3 Å². The molecule has 2 aromatic carbocycles. The number of likely N-dealkylation sites (tertiary alicyclic amines) is 1. The molecule has 3 atom stereocenters. The average Bonchev–Trinajstić information content (AvgIpc) is 3.24. The van der Waals surface area contributed by atoms with Gasteiger partial charge in [0.2, 0.25) is 5.78 Å². The zero-order chi connectivity index (χ0) is 29.3. The van der Waals surface area contributed by atoms with E-state index in [1.165, 1.54) is 0 Å². The summed E-state index contributed by atoms with van der Waals surface area (Å²) in [5.74, 6) is -1.51. The van der Waals surface area contributed by atoms with Crippen LogP contribution in [0, 0.1) is 16.7 Å². The molecule has 4 amide bonds. The number of rotatable bonds is 10. The molecule has 0 radical (unpaired) electrons. The number of anilines is 1. The molecule has 3 rings (SSSR count). The molecular weight excluding hydrogens is 510 g/mol.